The van der Waals surface area contributed by atoms with E-state index >= 15 is 0 Å². The number of nitrogens with zero attached hydrogens (tertiary/aromatic N) is 1. The SMILES string of the molecule is C[C@@H]1CC(C)(C)[C@@H](C)[C@@H](C)C12CC(=O)[N-]2.[W].[Y]. The van der Waals surface area contributed by atoms with Gasteiger partial charge in [0, 0.05) is 53.8 Å². The van der Waals surface area contributed by atoms with Crippen LogP contribution in [0.3, 0.4) is 0 Å². The Hall–Kier alpha value is 1.26. The third-order valence-electron chi connectivity index (χ3n) is 5.22. The minimum absolute atomic E-state index is 0. The summed E-state index contributed by atoms with van der Waals surface area (Å²) in [6, 6.07) is 0. The smallest absolute Gasteiger partial charge is 0.0506 e. The summed E-state index contributed by atoms with van der Waals surface area (Å²) in [5.74, 6) is 1.84. The quantitative estimate of drug-likeness (QED) is 0.489. The Morgan fingerprint density at radius 2 is 1.65 bits per heavy atom. The molecule has 4 heteroatoms. The molecule has 1 radical (unpaired) electrons. The van der Waals surface area contributed by atoms with Gasteiger partial charge in [0.15, 0.2) is 0 Å². The predicted octanol–water partition coefficient (Wildman–Crippen LogP) is 3.36. The van der Waals surface area contributed by atoms with Gasteiger partial charge in [-0.1, -0.05) is 52.0 Å². The molecule has 1 aliphatic heterocycles. The van der Waals surface area contributed by atoms with E-state index in [-0.39, 0.29) is 65.2 Å². The van der Waals surface area contributed by atoms with Gasteiger partial charge in [0.25, 0.3) is 0 Å². The zero-order valence-electron chi connectivity index (χ0n) is 11.5. The monoisotopic (exact) mass is 481 g/mol. The molecule has 2 aliphatic rings. The largest absolute Gasteiger partial charge is 0.647 e. The molecule has 1 heterocycles. The van der Waals surface area contributed by atoms with E-state index in [4.69, 9.17) is 0 Å². The number of β-lactam (4-membered cyclic amide) rings is 1. The molecule has 1 amide bonds. The van der Waals surface area contributed by atoms with Gasteiger partial charge in [-0.15, -0.1) is 0 Å². The third-order valence-corrected chi connectivity index (χ3v) is 5.22. The van der Waals surface area contributed by atoms with Crippen molar-refractivity contribution >= 4 is 5.91 Å². The van der Waals surface area contributed by atoms with Gasteiger partial charge in [0.2, 0.25) is 0 Å². The van der Waals surface area contributed by atoms with E-state index in [0.717, 1.165) is 0 Å². The Kier molecular flexibility index (Phi) is 6.14. The number of carbonyl (C=O) groups is 1. The minimum atomic E-state index is -0.00792. The molecule has 1 spiro atoms. The molecular formula is C13H22NOWY-. The second kappa shape index (κ2) is 5.72. The number of carbonyl (C=O) groups excluding carboxylic acids is 1. The van der Waals surface area contributed by atoms with Crippen LogP contribution in [0.2, 0.25) is 0 Å². The normalized spacial score (nSPS) is 42.9. The molecule has 0 bridgehead atoms. The number of amides is 1. The van der Waals surface area contributed by atoms with E-state index in [2.05, 4.69) is 39.9 Å². The average Bonchev–Trinajstić information content (AvgIpc) is 2.07. The number of rotatable bonds is 0. The molecular weight excluding hydrogens is 459 g/mol. The van der Waals surface area contributed by atoms with Crippen LogP contribution in [-0.4, -0.2) is 11.4 Å². The molecule has 95 valence electrons. The van der Waals surface area contributed by atoms with Crippen LogP contribution < -0.4 is 0 Å². The van der Waals surface area contributed by atoms with Crippen molar-refractivity contribution in [3.63, 3.8) is 0 Å². The number of hydrogen-bond acceptors (Lipinski definition) is 1. The second-order valence-electron chi connectivity index (χ2n) is 6.34. The summed E-state index contributed by atoms with van der Waals surface area (Å²) in [6.07, 6.45) is 1.88. The van der Waals surface area contributed by atoms with Crippen molar-refractivity contribution in [1.29, 1.82) is 0 Å². The Morgan fingerprint density at radius 1 is 1.18 bits per heavy atom. The summed E-state index contributed by atoms with van der Waals surface area (Å²) in [4.78, 5) is 11.2. The van der Waals surface area contributed by atoms with E-state index in [1.807, 2.05) is 0 Å². The van der Waals surface area contributed by atoms with Crippen LogP contribution in [0.5, 0.6) is 0 Å². The van der Waals surface area contributed by atoms with Gasteiger partial charge in [0.1, 0.15) is 0 Å². The van der Waals surface area contributed by atoms with E-state index in [9.17, 15) is 4.79 Å². The van der Waals surface area contributed by atoms with Crippen LogP contribution in [0.4, 0.5) is 0 Å². The standard InChI is InChI=1S/C13H23NO.W.Y/c1-8-6-12(4,5)9(2)10(3)13(8)7-11(15)14-13;;/h8-10H,6-7H2,1-5H3,(H,14,15);;/p-1/t8-,9+,10-,13?;;/m1../s1. The first-order valence-electron chi connectivity index (χ1n) is 6.05. The zero-order chi connectivity index (χ0) is 11.4. The molecule has 2 fully saturated rings. The second-order valence-corrected chi connectivity index (χ2v) is 6.34. The Morgan fingerprint density at radius 3 is 2.06 bits per heavy atom. The molecule has 17 heavy (non-hydrogen) atoms. The molecule has 1 unspecified atom stereocenters. The first-order valence-corrected chi connectivity index (χ1v) is 6.05. The van der Waals surface area contributed by atoms with Gasteiger partial charge in [-0.3, -0.25) is 0 Å². The fraction of sp³-hybridized carbons (Fsp3) is 0.923. The molecule has 1 saturated carbocycles. The maximum absolute atomic E-state index is 11.2. The Labute approximate surface area is 145 Å². The van der Waals surface area contributed by atoms with Crippen molar-refractivity contribution in [2.75, 3.05) is 0 Å². The summed E-state index contributed by atoms with van der Waals surface area (Å²) >= 11 is 0. The molecule has 0 aromatic rings. The zero-order valence-corrected chi connectivity index (χ0v) is 17.3. The van der Waals surface area contributed by atoms with Gasteiger partial charge in [-0.05, 0) is 24.2 Å². The maximum Gasteiger partial charge on any atom is 0.0506 e. The number of hydrogen-bond donors (Lipinski definition) is 0. The van der Waals surface area contributed by atoms with Gasteiger partial charge >= 0.3 is 0 Å². The van der Waals surface area contributed by atoms with Crippen LogP contribution in [0, 0.1) is 23.2 Å². The first-order chi connectivity index (χ1) is 6.79. The fourth-order valence-corrected chi connectivity index (χ4v) is 3.72. The van der Waals surface area contributed by atoms with Crippen molar-refractivity contribution in [3.8, 4) is 0 Å². The molecule has 0 aromatic carbocycles. The summed E-state index contributed by atoms with van der Waals surface area (Å²) in [5, 5.41) is 4.35. The molecule has 0 N–H and O–H groups in total. The third kappa shape index (κ3) is 2.75. The predicted molar refractivity (Wildman–Crippen MR) is 61.6 cm³/mol. The van der Waals surface area contributed by atoms with Gasteiger partial charge in [0.05, 0.1) is 5.91 Å². The van der Waals surface area contributed by atoms with Crippen molar-refractivity contribution in [2.24, 2.45) is 23.2 Å². The van der Waals surface area contributed by atoms with Crippen LogP contribution in [-0.2, 0) is 58.6 Å². The summed E-state index contributed by atoms with van der Waals surface area (Å²) < 4.78 is 0. The van der Waals surface area contributed by atoms with Crippen molar-refractivity contribution in [2.45, 2.75) is 53.0 Å². The minimum Gasteiger partial charge on any atom is -0.647 e. The first kappa shape index (κ1) is 18.3. The van der Waals surface area contributed by atoms with Crippen LogP contribution in [0.1, 0.15) is 47.5 Å². The molecule has 2 rings (SSSR count). The average molecular weight is 481 g/mol. The van der Waals surface area contributed by atoms with Crippen molar-refractivity contribution in [3.05, 3.63) is 5.32 Å². The molecule has 0 aromatic heterocycles. The van der Waals surface area contributed by atoms with E-state index < -0.39 is 0 Å². The summed E-state index contributed by atoms with van der Waals surface area (Å²) in [6.45, 7) is 11.5. The maximum atomic E-state index is 11.2. The summed E-state index contributed by atoms with van der Waals surface area (Å²) in [5.41, 5.74) is 0.379. The van der Waals surface area contributed by atoms with Crippen LogP contribution >= 0.6 is 0 Å². The molecule has 1 aliphatic carbocycles. The topological polar surface area (TPSA) is 31.2 Å². The Bertz CT molecular complexity index is 298. The van der Waals surface area contributed by atoms with Gasteiger partial charge in [-0.2, -0.15) is 0 Å². The molecule has 2 nitrogen and oxygen atoms in total. The van der Waals surface area contributed by atoms with E-state index in [1.54, 1.807) is 0 Å². The van der Waals surface area contributed by atoms with Crippen LogP contribution in [0.15, 0.2) is 0 Å². The van der Waals surface area contributed by atoms with Gasteiger partial charge in [-0.25, -0.2) is 0 Å². The summed E-state index contributed by atoms with van der Waals surface area (Å²) in [7, 11) is 0. The van der Waals surface area contributed by atoms with Crippen LogP contribution in [0.25, 0.3) is 5.32 Å². The van der Waals surface area contributed by atoms with Crippen molar-refractivity contribution in [1.82, 2.24) is 0 Å². The molecule has 4 atom stereocenters. The van der Waals surface area contributed by atoms with E-state index in [0.29, 0.717) is 29.6 Å². The van der Waals surface area contributed by atoms with Gasteiger partial charge < -0.3 is 10.1 Å². The molecule has 1 saturated heterocycles. The van der Waals surface area contributed by atoms with E-state index in [1.165, 1.54) is 6.42 Å². The fourth-order valence-electron chi connectivity index (χ4n) is 3.72. The Balaban J connectivity index is 0.00000128. The van der Waals surface area contributed by atoms with Crippen molar-refractivity contribution < 1.29 is 58.6 Å².